The number of carbonyl (C=O) groups excluding carboxylic acids is 2. The van der Waals surface area contributed by atoms with Gasteiger partial charge in [-0.3, -0.25) is 9.59 Å². The third-order valence-corrected chi connectivity index (χ3v) is 5.68. The van der Waals surface area contributed by atoms with Gasteiger partial charge in [0.25, 0.3) is 5.91 Å². The number of hydrogen-bond acceptors (Lipinski definition) is 5. The van der Waals surface area contributed by atoms with E-state index in [1.165, 1.54) is 11.3 Å². The van der Waals surface area contributed by atoms with Crippen molar-refractivity contribution in [2.45, 2.75) is 0 Å². The highest BCUT2D eigenvalue weighted by Gasteiger charge is 2.21. The summed E-state index contributed by atoms with van der Waals surface area (Å²) < 4.78 is 6.34. The van der Waals surface area contributed by atoms with E-state index < -0.39 is 5.91 Å². The Kier molecular flexibility index (Phi) is 4.79. The highest BCUT2D eigenvalue weighted by atomic mass is 32.1. The van der Waals surface area contributed by atoms with Crippen LogP contribution in [0.5, 0.6) is 0 Å². The van der Waals surface area contributed by atoms with Crippen LogP contribution in [-0.2, 0) is 4.74 Å². The van der Waals surface area contributed by atoms with Crippen molar-refractivity contribution >= 4 is 33.2 Å². The molecule has 4 rings (SSSR count). The Bertz CT molecular complexity index is 1020. The molecule has 0 N–H and O–H groups in total. The summed E-state index contributed by atoms with van der Waals surface area (Å²) in [6, 6.07) is 14.6. The maximum Gasteiger partial charge on any atom is 0.316 e. The third-order valence-electron chi connectivity index (χ3n) is 4.60. The number of nitroso groups, excluding NO2 is 1. The van der Waals surface area contributed by atoms with Crippen molar-refractivity contribution in [1.82, 2.24) is 4.90 Å². The molecule has 3 aromatic rings. The van der Waals surface area contributed by atoms with Crippen molar-refractivity contribution < 1.29 is 14.3 Å². The smallest absolute Gasteiger partial charge is 0.316 e. The minimum atomic E-state index is -0.784. The standard InChI is InChI=1S/C20H16N2O4S/c23-19(21-25)14-6-4-13(5-7-14)15-2-1-3-17-16(15)12-18(27-17)20(24)22-8-10-26-11-9-22/h1-7,12H,8-11H2. The van der Waals surface area contributed by atoms with E-state index in [1.54, 1.807) is 24.3 Å². The van der Waals surface area contributed by atoms with E-state index >= 15 is 0 Å². The molecule has 1 aliphatic heterocycles. The fourth-order valence-corrected chi connectivity index (χ4v) is 4.24. The van der Waals surface area contributed by atoms with Crippen LogP contribution in [0.1, 0.15) is 20.0 Å². The average Bonchev–Trinajstić information content (AvgIpc) is 3.18. The lowest BCUT2D eigenvalue weighted by Crippen LogP contribution is -2.40. The quantitative estimate of drug-likeness (QED) is 0.645. The number of hydrogen-bond donors (Lipinski definition) is 0. The van der Waals surface area contributed by atoms with Gasteiger partial charge in [0.2, 0.25) is 0 Å². The number of nitrogens with zero attached hydrogens (tertiary/aromatic N) is 2. The van der Waals surface area contributed by atoms with Crippen LogP contribution in [0.4, 0.5) is 0 Å². The van der Waals surface area contributed by atoms with E-state index in [1.807, 2.05) is 29.2 Å². The first-order valence-corrected chi connectivity index (χ1v) is 9.37. The second-order valence-corrected chi connectivity index (χ2v) is 7.29. The van der Waals surface area contributed by atoms with Gasteiger partial charge in [-0.2, -0.15) is 0 Å². The summed E-state index contributed by atoms with van der Waals surface area (Å²) in [7, 11) is 0. The summed E-state index contributed by atoms with van der Waals surface area (Å²) in [5.74, 6) is -0.753. The van der Waals surface area contributed by atoms with Crippen molar-refractivity contribution in [1.29, 1.82) is 0 Å². The first-order valence-electron chi connectivity index (χ1n) is 8.55. The highest BCUT2D eigenvalue weighted by molar-refractivity contribution is 7.20. The number of benzene rings is 2. The lowest BCUT2D eigenvalue weighted by Gasteiger charge is -2.26. The Morgan fingerprint density at radius 1 is 1.04 bits per heavy atom. The summed E-state index contributed by atoms with van der Waals surface area (Å²) in [6.07, 6.45) is 0. The number of amides is 2. The number of thiophene rings is 1. The van der Waals surface area contributed by atoms with Crippen molar-refractivity contribution in [3.63, 3.8) is 0 Å². The molecule has 1 aromatic heterocycles. The number of ether oxygens (including phenoxy) is 1. The molecule has 0 bridgehead atoms. The topological polar surface area (TPSA) is 76.0 Å². The fourth-order valence-electron chi connectivity index (χ4n) is 3.19. The molecule has 2 heterocycles. The van der Waals surface area contributed by atoms with E-state index in [0.717, 1.165) is 21.2 Å². The van der Waals surface area contributed by atoms with Crippen molar-refractivity contribution in [3.8, 4) is 11.1 Å². The summed E-state index contributed by atoms with van der Waals surface area (Å²) in [5.41, 5.74) is 2.14. The molecule has 27 heavy (non-hydrogen) atoms. The van der Waals surface area contributed by atoms with Gasteiger partial charge in [-0.05, 0) is 35.4 Å². The van der Waals surface area contributed by atoms with Crippen LogP contribution >= 0.6 is 11.3 Å². The maximum absolute atomic E-state index is 12.8. The van der Waals surface area contributed by atoms with Gasteiger partial charge in [-0.25, -0.2) is 0 Å². The van der Waals surface area contributed by atoms with Crippen molar-refractivity contribution in [2.75, 3.05) is 26.3 Å². The Labute approximate surface area is 159 Å². The number of fused-ring (bicyclic) bond motifs is 1. The molecule has 0 spiro atoms. The van der Waals surface area contributed by atoms with Crippen LogP contribution in [0.3, 0.4) is 0 Å². The minimum Gasteiger partial charge on any atom is -0.378 e. The van der Waals surface area contributed by atoms with Crippen LogP contribution in [0.15, 0.2) is 53.7 Å². The lowest BCUT2D eigenvalue weighted by atomic mass is 10.0. The predicted molar refractivity (Wildman–Crippen MR) is 104 cm³/mol. The van der Waals surface area contributed by atoms with Crippen LogP contribution in [0.25, 0.3) is 21.2 Å². The Hall–Kier alpha value is -2.90. The monoisotopic (exact) mass is 380 g/mol. The van der Waals surface area contributed by atoms with E-state index in [2.05, 4.69) is 5.18 Å². The molecule has 0 unspecified atom stereocenters. The van der Waals surface area contributed by atoms with Crippen LogP contribution in [0.2, 0.25) is 0 Å². The third kappa shape index (κ3) is 3.39. The molecule has 6 nitrogen and oxygen atoms in total. The zero-order chi connectivity index (χ0) is 18.8. The van der Waals surface area contributed by atoms with Gasteiger partial charge in [0.15, 0.2) is 0 Å². The summed E-state index contributed by atoms with van der Waals surface area (Å²) >= 11 is 1.48. The van der Waals surface area contributed by atoms with E-state index in [9.17, 15) is 14.5 Å². The van der Waals surface area contributed by atoms with Crippen molar-refractivity contribution in [2.24, 2.45) is 5.18 Å². The zero-order valence-corrected chi connectivity index (χ0v) is 15.2. The van der Waals surface area contributed by atoms with Gasteiger partial charge in [0.1, 0.15) is 0 Å². The molecule has 2 amide bonds. The highest BCUT2D eigenvalue weighted by Crippen LogP contribution is 2.35. The molecule has 2 aromatic carbocycles. The molecule has 1 aliphatic rings. The molecule has 0 atom stereocenters. The van der Waals surface area contributed by atoms with Gasteiger partial charge in [0, 0.05) is 33.9 Å². The Morgan fingerprint density at radius 2 is 1.78 bits per heavy atom. The summed E-state index contributed by atoms with van der Waals surface area (Å²) in [6.45, 7) is 2.37. The van der Waals surface area contributed by atoms with Gasteiger partial charge >= 0.3 is 5.91 Å². The normalized spacial score (nSPS) is 14.3. The summed E-state index contributed by atoms with van der Waals surface area (Å²) in [4.78, 5) is 37.1. The first kappa shape index (κ1) is 17.5. The van der Waals surface area contributed by atoms with Crippen LogP contribution < -0.4 is 0 Å². The van der Waals surface area contributed by atoms with E-state index in [0.29, 0.717) is 31.2 Å². The molecule has 0 radical (unpaired) electrons. The van der Waals surface area contributed by atoms with Crippen LogP contribution in [0, 0.1) is 4.91 Å². The molecule has 136 valence electrons. The second kappa shape index (κ2) is 7.38. The predicted octanol–water partition coefficient (Wildman–Crippen LogP) is 3.95. The van der Waals surface area contributed by atoms with Gasteiger partial charge in [0.05, 0.1) is 18.1 Å². The Balaban J connectivity index is 1.70. The average molecular weight is 380 g/mol. The minimum absolute atomic E-state index is 0.0310. The molecular weight excluding hydrogens is 364 g/mol. The second-order valence-electron chi connectivity index (χ2n) is 6.21. The number of carbonyl (C=O) groups is 2. The van der Waals surface area contributed by atoms with Gasteiger partial charge < -0.3 is 9.64 Å². The van der Waals surface area contributed by atoms with E-state index in [-0.39, 0.29) is 11.5 Å². The number of morpholine rings is 1. The SMILES string of the molecule is O=NC(=O)c1ccc(-c2cccc3sc(C(=O)N4CCOCC4)cc23)cc1. The van der Waals surface area contributed by atoms with Gasteiger partial charge in [-0.1, -0.05) is 24.3 Å². The molecule has 7 heteroatoms. The molecule has 1 saturated heterocycles. The number of rotatable bonds is 3. The first-order chi connectivity index (χ1) is 13.2. The molecule has 0 saturated carbocycles. The summed E-state index contributed by atoms with van der Waals surface area (Å²) in [5, 5.41) is 3.43. The van der Waals surface area contributed by atoms with Gasteiger partial charge in [-0.15, -0.1) is 16.2 Å². The van der Waals surface area contributed by atoms with Crippen molar-refractivity contribution in [3.05, 3.63) is 63.9 Å². The fraction of sp³-hybridized carbons (Fsp3) is 0.200. The molecule has 0 aliphatic carbocycles. The Morgan fingerprint density at radius 3 is 2.48 bits per heavy atom. The molecule has 1 fully saturated rings. The van der Waals surface area contributed by atoms with E-state index in [4.69, 9.17) is 4.74 Å². The lowest BCUT2D eigenvalue weighted by molar-refractivity contribution is 0.0306. The molecular formula is C20H16N2O4S. The largest absolute Gasteiger partial charge is 0.378 e. The van der Waals surface area contributed by atoms with Crippen LogP contribution in [-0.4, -0.2) is 43.0 Å². The maximum atomic E-state index is 12.8. The zero-order valence-electron chi connectivity index (χ0n) is 14.4.